The van der Waals surface area contributed by atoms with Gasteiger partial charge in [0.1, 0.15) is 0 Å². The normalized spacial score (nSPS) is 16.1. The van der Waals surface area contributed by atoms with Gasteiger partial charge in [0, 0.05) is 36.9 Å². The van der Waals surface area contributed by atoms with Crippen LogP contribution < -0.4 is 0 Å². The molecule has 2 aliphatic rings. The topological polar surface area (TPSA) is 0 Å². The van der Waals surface area contributed by atoms with Crippen molar-refractivity contribution in [1.82, 2.24) is 0 Å². The average Bonchev–Trinajstić information content (AvgIpc) is 3.74. The Morgan fingerprint density at radius 1 is 0.518 bits per heavy atom. The molecule has 10 aromatic rings. The summed E-state index contributed by atoms with van der Waals surface area (Å²) < 4.78 is 2.80. The van der Waals surface area contributed by atoms with Crippen molar-refractivity contribution in [2.24, 2.45) is 0 Å². The van der Waals surface area contributed by atoms with E-state index in [1.54, 1.807) is 0 Å². The standard InChI is InChI=1S/C55H38S/c1-55(2)48-32-36(27-28-39(48)46-29-25-34-26-30-47-40-18-9-10-24-49(40)56-54(47)51(34)53(46)55)35-15-11-16-37(31-35)50-42-19-5-7-21-44(42)52(45-22-8-6-20-43(45)50)41-23-12-14-33-13-3-4-17-38(33)41/h3-27,29-32,39H,28H2,1-2H3. The van der Waals surface area contributed by atoms with Gasteiger partial charge < -0.3 is 0 Å². The lowest BCUT2D eigenvalue weighted by atomic mass is 9.76. The van der Waals surface area contributed by atoms with E-state index in [2.05, 4.69) is 190 Å². The molecule has 1 heteroatoms. The molecule has 56 heavy (non-hydrogen) atoms. The zero-order valence-electron chi connectivity index (χ0n) is 31.4. The van der Waals surface area contributed by atoms with E-state index in [9.17, 15) is 0 Å². The van der Waals surface area contributed by atoms with E-state index in [-0.39, 0.29) is 5.41 Å². The van der Waals surface area contributed by atoms with Crippen LogP contribution in [0.3, 0.4) is 0 Å². The molecular formula is C55H38S. The first-order chi connectivity index (χ1) is 27.5. The molecule has 0 amide bonds. The third-order valence-electron chi connectivity index (χ3n) is 13.0. The number of benzene rings is 9. The summed E-state index contributed by atoms with van der Waals surface area (Å²) in [7, 11) is 0. The van der Waals surface area contributed by atoms with E-state index in [1.807, 2.05) is 11.3 Å². The first-order valence-corrected chi connectivity index (χ1v) is 20.7. The van der Waals surface area contributed by atoms with E-state index in [4.69, 9.17) is 0 Å². The highest BCUT2D eigenvalue weighted by molar-refractivity contribution is 7.26. The minimum atomic E-state index is -0.0923. The molecule has 12 rings (SSSR count). The molecule has 0 bridgehead atoms. The zero-order chi connectivity index (χ0) is 37.1. The van der Waals surface area contributed by atoms with Gasteiger partial charge >= 0.3 is 0 Å². The van der Waals surface area contributed by atoms with Crippen molar-refractivity contribution in [3.63, 3.8) is 0 Å². The van der Waals surface area contributed by atoms with Crippen LogP contribution in [0.15, 0.2) is 182 Å². The summed E-state index contributed by atoms with van der Waals surface area (Å²) in [5.41, 5.74) is 12.2. The highest BCUT2D eigenvalue weighted by atomic mass is 32.1. The van der Waals surface area contributed by atoms with Crippen molar-refractivity contribution in [2.75, 3.05) is 0 Å². The second kappa shape index (κ2) is 11.9. The Morgan fingerprint density at radius 3 is 1.93 bits per heavy atom. The molecule has 0 spiro atoms. The monoisotopic (exact) mass is 730 g/mol. The Kier molecular flexibility index (Phi) is 6.78. The molecule has 1 unspecified atom stereocenters. The van der Waals surface area contributed by atoms with Crippen molar-refractivity contribution in [2.45, 2.75) is 31.6 Å². The summed E-state index contributed by atoms with van der Waals surface area (Å²) in [4.78, 5) is 0. The zero-order valence-corrected chi connectivity index (χ0v) is 32.3. The highest BCUT2D eigenvalue weighted by Crippen LogP contribution is 2.58. The van der Waals surface area contributed by atoms with Gasteiger partial charge in [0.15, 0.2) is 0 Å². The molecule has 1 heterocycles. The molecule has 1 atom stereocenters. The van der Waals surface area contributed by atoms with E-state index in [1.165, 1.54) is 113 Å². The maximum absolute atomic E-state index is 2.55. The molecule has 0 radical (unpaired) electrons. The van der Waals surface area contributed by atoms with Crippen LogP contribution in [0.1, 0.15) is 42.9 Å². The van der Waals surface area contributed by atoms with E-state index < -0.39 is 0 Å². The molecule has 9 aromatic carbocycles. The minimum Gasteiger partial charge on any atom is -0.135 e. The lowest BCUT2D eigenvalue weighted by Crippen LogP contribution is -2.18. The van der Waals surface area contributed by atoms with Crippen LogP contribution in [0.4, 0.5) is 0 Å². The van der Waals surface area contributed by atoms with Crippen LogP contribution in [0.25, 0.3) is 91.1 Å². The Hall–Kier alpha value is -6.28. The maximum Gasteiger partial charge on any atom is 0.0437 e. The van der Waals surface area contributed by atoms with Crippen molar-refractivity contribution in [3.05, 3.63) is 198 Å². The fraction of sp³-hybridized carbons (Fsp3) is 0.0909. The Morgan fingerprint density at radius 2 is 1.14 bits per heavy atom. The van der Waals surface area contributed by atoms with Crippen LogP contribution in [0.2, 0.25) is 0 Å². The minimum absolute atomic E-state index is 0.0923. The van der Waals surface area contributed by atoms with Crippen molar-refractivity contribution in [3.8, 4) is 22.3 Å². The summed E-state index contributed by atoms with van der Waals surface area (Å²) in [6.07, 6.45) is 6.06. The van der Waals surface area contributed by atoms with Gasteiger partial charge in [-0.05, 0) is 101 Å². The molecule has 0 aliphatic heterocycles. The first-order valence-electron chi connectivity index (χ1n) is 19.9. The predicted molar refractivity (Wildman–Crippen MR) is 243 cm³/mol. The van der Waals surface area contributed by atoms with Gasteiger partial charge in [0.2, 0.25) is 0 Å². The van der Waals surface area contributed by atoms with Crippen molar-refractivity contribution in [1.29, 1.82) is 0 Å². The summed E-state index contributed by atoms with van der Waals surface area (Å²) >= 11 is 1.96. The second-order valence-corrected chi connectivity index (χ2v) is 17.3. The smallest absolute Gasteiger partial charge is 0.0437 e. The second-order valence-electron chi connectivity index (χ2n) is 16.3. The predicted octanol–water partition coefficient (Wildman–Crippen LogP) is 15.8. The third kappa shape index (κ3) is 4.47. The van der Waals surface area contributed by atoms with Gasteiger partial charge in [-0.2, -0.15) is 0 Å². The highest BCUT2D eigenvalue weighted by Gasteiger charge is 2.43. The van der Waals surface area contributed by atoms with Crippen LogP contribution in [-0.4, -0.2) is 0 Å². The van der Waals surface area contributed by atoms with Crippen LogP contribution in [0.5, 0.6) is 0 Å². The largest absolute Gasteiger partial charge is 0.135 e. The Labute approximate surface area is 330 Å². The summed E-state index contributed by atoms with van der Waals surface area (Å²) in [6.45, 7) is 4.94. The molecule has 0 nitrogen and oxygen atoms in total. The lowest BCUT2D eigenvalue weighted by molar-refractivity contribution is 0.617. The number of hydrogen-bond acceptors (Lipinski definition) is 1. The quantitative estimate of drug-likeness (QED) is 0.159. The number of thiophene rings is 1. The lowest BCUT2D eigenvalue weighted by Gasteiger charge is -2.28. The van der Waals surface area contributed by atoms with Gasteiger partial charge in [-0.25, -0.2) is 0 Å². The molecule has 2 aliphatic carbocycles. The Balaban J connectivity index is 1.01. The van der Waals surface area contributed by atoms with Crippen LogP contribution in [-0.2, 0) is 5.41 Å². The van der Waals surface area contributed by atoms with Crippen molar-refractivity contribution >= 4 is 80.2 Å². The van der Waals surface area contributed by atoms with Crippen LogP contribution in [0, 0.1) is 0 Å². The summed E-state index contributed by atoms with van der Waals surface area (Å²) in [5, 5.41) is 13.3. The first kappa shape index (κ1) is 32.0. The van der Waals surface area contributed by atoms with Crippen LogP contribution >= 0.6 is 11.3 Å². The average molecular weight is 731 g/mol. The molecule has 0 saturated carbocycles. The number of allylic oxidation sites excluding steroid dienone is 4. The van der Waals surface area contributed by atoms with Gasteiger partial charge in [0.25, 0.3) is 0 Å². The molecule has 1 aromatic heterocycles. The fourth-order valence-corrected chi connectivity index (χ4v) is 11.8. The summed E-state index contributed by atoms with van der Waals surface area (Å²) in [6, 6.07) is 61.3. The van der Waals surface area contributed by atoms with E-state index >= 15 is 0 Å². The van der Waals surface area contributed by atoms with Gasteiger partial charge in [-0.15, -0.1) is 11.3 Å². The van der Waals surface area contributed by atoms with Gasteiger partial charge in [-0.3, -0.25) is 0 Å². The maximum atomic E-state index is 2.55. The molecule has 0 N–H and O–H groups in total. The third-order valence-corrected chi connectivity index (χ3v) is 14.2. The molecular weight excluding hydrogens is 693 g/mol. The van der Waals surface area contributed by atoms with Crippen molar-refractivity contribution < 1.29 is 0 Å². The molecule has 264 valence electrons. The van der Waals surface area contributed by atoms with Gasteiger partial charge in [0.05, 0.1) is 0 Å². The SMILES string of the molecule is CC1(C)C2=CC(c3cccc(-c4c5ccccc5c(-c5cccc6ccccc56)c5ccccc45)c3)=CCC2c2ccc3ccc4c5ccccc5sc4c3c21. The number of fused-ring (bicyclic) bond motifs is 12. The number of rotatable bonds is 3. The Bertz CT molecular complexity index is 3300. The van der Waals surface area contributed by atoms with E-state index in [0.717, 1.165) is 6.42 Å². The van der Waals surface area contributed by atoms with E-state index in [0.29, 0.717) is 5.92 Å². The molecule has 0 saturated heterocycles. The molecule has 0 fully saturated rings. The number of hydrogen-bond donors (Lipinski definition) is 0. The summed E-state index contributed by atoms with van der Waals surface area (Å²) in [5.74, 6) is 0.399. The fourth-order valence-electron chi connectivity index (χ4n) is 10.6. The van der Waals surface area contributed by atoms with Gasteiger partial charge in [-0.1, -0.05) is 183 Å².